The molecule has 0 saturated carbocycles. The maximum Gasteiger partial charge on any atom is 0.241 e. The van der Waals surface area contributed by atoms with E-state index in [1.807, 2.05) is 29.7 Å². The molecule has 2 aliphatic heterocycles. The third-order valence-corrected chi connectivity index (χ3v) is 5.90. The Balaban J connectivity index is 1.88. The van der Waals surface area contributed by atoms with Crippen molar-refractivity contribution >= 4 is 17.7 Å². The van der Waals surface area contributed by atoms with Gasteiger partial charge in [-0.1, -0.05) is 18.2 Å². The zero-order valence-electron chi connectivity index (χ0n) is 12.4. The first kappa shape index (κ1) is 14.9. The van der Waals surface area contributed by atoms with E-state index >= 15 is 0 Å². The van der Waals surface area contributed by atoms with Crippen molar-refractivity contribution in [2.45, 2.75) is 43.6 Å². The summed E-state index contributed by atoms with van der Waals surface area (Å²) in [5.74, 6) is 0.953. The molecule has 1 N–H and O–H groups in total. The molecule has 3 atom stereocenters. The van der Waals surface area contributed by atoms with Gasteiger partial charge < -0.3 is 4.90 Å². The lowest BCUT2D eigenvalue weighted by molar-refractivity contribution is -0.130. The third kappa shape index (κ3) is 2.81. The number of hydrogen-bond acceptors (Lipinski definition) is 3. The summed E-state index contributed by atoms with van der Waals surface area (Å²) in [5.41, 5.74) is 0.557. The van der Waals surface area contributed by atoms with Gasteiger partial charge >= 0.3 is 0 Å². The molecular formula is C16H21FN2OS. The molecule has 3 unspecified atom stereocenters. The molecule has 2 saturated heterocycles. The van der Waals surface area contributed by atoms with Crippen LogP contribution in [0.1, 0.15) is 38.4 Å². The summed E-state index contributed by atoms with van der Waals surface area (Å²) in [6, 6.07) is 6.45. The quantitative estimate of drug-likeness (QED) is 0.932. The fourth-order valence-corrected chi connectivity index (χ4v) is 4.52. The molecule has 1 aromatic carbocycles. The number of nitrogens with zero attached hydrogens (tertiary/aromatic N) is 1. The molecular weight excluding hydrogens is 287 g/mol. The van der Waals surface area contributed by atoms with Crippen LogP contribution in [0.4, 0.5) is 4.39 Å². The Morgan fingerprint density at radius 3 is 2.90 bits per heavy atom. The first-order valence-electron chi connectivity index (χ1n) is 7.45. The van der Waals surface area contributed by atoms with Crippen LogP contribution in [0.5, 0.6) is 0 Å². The Hall–Kier alpha value is -1.07. The van der Waals surface area contributed by atoms with Gasteiger partial charge in [-0.3, -0.25) is 10.1 Å². The Kier molecular flexibility index (Phi) is 3.97. The Morgan fingerprint density at radius 1 is 1.48 bits per heavy atom. The van der Waals surface area contributed by atoms with Gasteiger partial charge in [-0.25, -0.2) is 4.39 Å². The van der Waals surface area contributed by atoms with Crippen molar-refractivity contribution in [3.8, 4) is 0 Å². The molecule has 0 aliphatic carbocycles. The highest BCUT2D eigenvalue weighted by molar-refractivity contribution is 8.00. The first-order chi connectivity index (χ1) is 10.0. The number of rotatable bonds is 3. The van der Waals surface area contributed by atoms with Gasteiger partial charge in [-0.05, 0) is 38.5 Å². The average Bonchev–Trinajstić information content (AvgIpc) is 2.99. The molecule has 5 heteroatoms. The van der Waals surface area contributed by atoms with Crippen LogP contribution in [-0.4, -0.2) is 33.9 Å². The van der Waals surface area contributed by atoms with E-state index in [0.717, 1.165) is 12.2 Å². The summed E-state index contributed by atoms with van der Waals surface area (Å²) in [5, 5.41) is 3.23. The second-order valence-corrected chi connectivity index (χ2v) is 7.86. The summed E-state index contributed by atoms with van der Waals surface area (Å²) >= 11 is 1.92. The minimum atomic E-state index is -0.355. The van der Waals surface area contributed by atoms with E-state index in [-0.39, 0.29) is 28.7 Å². The maximum absolute atomic E-state index is 14.1. The van der Waals surface area contributed by atoms with Crippen molar-refractivity contribution in [1.82, 2.24) is 10.2 Å². The topological polar surface area (TPSA) is 32.3 Å². The van der Waals surface area contributed by atoms with Crippen molar-refractivity contribution in [3.05, 3.63) is 35.6 Å². The van der Waals surface area contributed by atoms with Crippen LogP contribution in [0.15, 0.2) is 24.3 Å². The van der Waals surface area contributed by atoms with E-state index in [9.17, 15) is 9.18 Å². The van der Waals surface area contributed by atoms with Gasteiger partial charge in [-0.15, -0.1) is 0 Å². The van der Waals surface area contributed by atoms with Crippen LogP contribution < -0.4 is 5.32 Å². The lowest BCUT2D eigenvalue weighted by Crippen LogP contribution is -2.41. The summed E-state index contributed by atoms with van der Waals surface area (Å²) in [7, 11) is 0. The van der Waals surface area contributed by atoms with Crippen LogP contribution in [0.3, 0.4) is 0 Å². The molecule has 2 fully saturated rings. The molecule has 1 amide bonds. The SMILES string of the molecule is CC1NC(c2ccccc2F)N(CC2(C)CCCS2)C1=O. The molecule has 0 aromatic heterocycles. The number of carbonyl (C=O) groups is 1. The number of carbonyl (C=O) groups excluding carboxylic acids is 1. The van der Waals surface area contributed by atoms with E-state index in [1.165, 1.54) is 12.5 Å². The van der Waals surface area contributed by atoms with E-state index in [1.54, 1.807) is 12.1 Å². The highest BCUT2D eigenvalue weighted by Crippen LogP contribution is 2.40. The standard InChI is InChI=1S/C16H21FN2OS/c1-11-15(20)19(10-16(2)8-5-9-21-16)14(18-11)12-6-3-4-7-13(12)17/h3-4,6-7,11,14,18H,5,8-10H2,1-2H3. The highest BCUT2D eigenvalue weighted by atomic mass is 32.2. The summed E-state index contributed by atoms with van der Waals surface area (Å²) in [6.07, 6.45) is 1.95. The predicted octanol–water partition coefficient (Wildman–Crippen LogP) is 2.93. The maximum atomic E-state index is 14.1. The second-order valence-electron chi connectivity index (χ2n) is 6.18. The van der Waals surface area contributed by atoms with Crippen molar-refractivity contribution in [2.75, 3.05) is 12.3 Å². The zero-order chi connectivity index (χ0) is 15.0. The van der Waals surface area contributed by atoms with Gasteiger partial charge in [0.1, 0.15) is 12.0 Å². The molecule has 3 rings (SSSR count). The van der Waals surface area contributed by atoms with Crippen molar-refractivity contribution in [2.24, 2.45) is 0 Å². The second kappa shape index (κ2) is 5.61. The molecule has 0 radical (unpaired) electrons. The van der Waals surface area contributed by atoms with Crippen molar-refractivity contribution in [1.29, 1.82) is 0 Å². The van der Waals surface area contributed by atoms with Gasteiger partial charge in [0.05, 0.1) is 6.04 Å². The molecule has 2 aliphatic rings. The number of hydrogen-bond donors (Lipinski definition) is 1. The zero-order valence-corrected chi connectivity index (χ0v) is 13.3. The lowest BCUT2D eigenvalue weighted by atomic mass is 10.0. The minimum Gasteiger partial charge on any atom is -0.320 e. The number of benzene rings is 1. The van der Waals surface area contributed by atoms with E-state index in [2.05, 4.69) is 12.2 Å². The molecule has 3 nitrogen and oxygen atoms in total. The average molecular weight is 308 g/mol. The molecule has 1 aromatic rings. The van der Waals surface area contributed by atoms with E-state index in [0.29, 0.717) is 12.1 Å². The third-order valence-electron chi connectivity index (χ3n) is 4.38. The number of amides is 1. The van der Waals surface area contributed by atoms with Gasteiger partial charge in [0, 0.05) is 16.9 Å². The first-order valence-corrected chi connectivity index (χ1v) is 8.44. The molecule has 2 heterocycles. The van der Waals surface area contributed by atoms with Gasteiger partial charge in [-0.2, -0.15) is 11.8 Å². The fourth-order valence-electron chi connectivity index (χ4n) is 3.22. The van der Waals surface area contributed by atoms with Crippen molar-refractivity contribution in [3.63, 3.8) is 0 Å². The van der Waals surface area contributed by atoms with Crippen LogP contribution in [0.2, 0.25) is 0 Å². The fraction of sp³-hybridized carbons (Fsp3) is 0.562. The Bertz CT molecular complexity index is 545. The van der Waals surface area contributed by atoms with Gasteiger partial charge in [0.2, 0.25) is 5.91 Å². The van der Waals surface area contributed by atoms with Crippen LogP contribution in [0.25, 0.3) is 0 Å². The smallest absolute Gasteiger partial charge is 0.241 e. The largest absolute Gasteiger partial charge is 0.320 e. The monoisotopic (exact) mass is 308 g/mol. The number of thioether (sulfide) groups is 1. The van der Waals surface area contributed by atoms with E-state index in [4.69, 9.17) is 0 Å². The summed E-state index contributed by atoms with van der Waals surface area (Å²) < 4.78 is 14.2. The van der Waals surface area contributed by atoms with Gasteiger partial charge in [0.15, 0.2) is 0 Å². The van der Waals surface area contributed by atoms with Crippen molar-refractivity contribution < 1.29 is 9.18 Å². The molecule has 0 spiro atoms. The minimum absolute atomic E-state index is 0.0666. The summed E-state index contributed by atoms with van der Waals surface area (Å²) in [4.78, 5) is 14.3. The summed E-state index contributed by atoms with van der Waals surface area (Å²) in [6.45, 7) is 4.73. The molecule has 114 valence electrons. The number of nitrogens with one attached hydrogen (secondary N) is 1. The normalized spacial score (nSPS) is 32.9. The Labute approximate surface area is 129 Å². The van der Waals surface area contributed by atoms with Crippen LogP contribution >= 0.6 is 11.8 Å². The Morgan fingerprint density at radius 2 is 2.24 bits per heavy atom. The van der Waals surface area contributed by atoms with Gasteiger partial charge in [0.25, 0.3) is 0 Å². The number of halogens is 1. The van der Waals surface area contributed by atoms with E-state index < -0.39 is 0 Å². The predicted molar refractivity (Wildman–Crippen MR) is 83.5 cm³/mol. The highest BCUT2D eigenvalue weighted by Gasteiger charge is 2.42. The van der Waals surface area contributed by atoms with Crippen LogP contribution in [0, 0.1) is 5.82 Å². The van der Waals surface area contributed by atoms with Crippen LogP contribution in [-0.2, 0) is 4.79 Å². The lowest BCUT2D eigenvalue weighted by Gasteiger charge is -2.33. The molecule has 0 bridgehead atoms. The molecule has 21 heavy (non-hydrogen) atoms.